The lowest BCUT2D eigenvalue weighted by Gasteiger charge is -2.14. The maximum Gasteiger partial charge on any atom is 0.145 e. The number of benzene rings is 1. The molecule has 0 amide bonds. The van der Waals surface area contributed by atoms with Crippen molar-refractivity contribution in [3.05, 3.63) is 63.6 Å². The number of nitrogens with two attached hydrogens (primary N) is 1. The first kappa shape index (κ1) is 13.0. The molecule has 0 aliphatic rings. The summed E-state index contributed by atoms with van der Waals surface area (Å²) in [4.78, 5) is 3.72. The normalized spacial score (nSPS) is 12.5. The van der Waals surface area contributed by atoms with E-state index in [1.165, 1.54) is 12.1 Å². The molecule has 2 nitrogen and oxygen atoms in total. The summed E-state index contributed by atoms with van der Waals surface area (Å²) in [6.07, 6.45) is 0.947. The molecule has 0 spiro atoms. The average molecular weight is 317 g/mol. The van der Waals surface area contributed by atoms with Gasteiger partial charge < -0.3 is 5.73 Å². The highest BCUT2D eigenvalue weighted by molar-refractivity contribution is 9.10. The molecule has 0 saturated heterocycles. The minimum absolute atomic E-state index is 0.108. The fourth-order valence-electron chi connectivity index (χ4n) is 1.55. The third kappa shape index (κ3) is 2.39. The maximum absolute atomic E-state index is 13.8. The van der Waals surface area contributed by atoms with Gasteiger partial charge in [0.25, 0.3) is 0 Å². The molecule has 1 unspecified atom stereocenters. The molecule has 2 rings (SSSR count). The quantitative estimate of drug-likeness (QED) is 0.863. The number of halogens is 4. The Labute approximate surface area is 110 Å². The van der Waals surface area contributed by atoms with Crippen molar-refractivity contribution in [2.75, 3.05) is 0 Å². The molecule has 94 valence electrons. The van der Waals surface area contributed by atoms with E-state index in [0.29, 0.717) is 0 Å². The van der Waals surface area contributed by atoms with Gasteiger partial charge in [-0.1, -0.05) is 0 Å². The van der Waals surface area contributed by atoms with Crippen molar-refractivity contribution < 1.29 is 13.2 Å². The number of hydrogen-bond donors (Lipinski definition) is 1. The lowest BCUT2D eigenvalue weighted by molar-refractivity contribution is 0.536. The summed E-state index contributed by atoms with van der Waals surface area (Å²) in [5.74, 6) is -2.09. The van der Waals surface area contributed by atoms with Crippen molar-refractivity contribution in [3.63, 3.8) is 0 Å². The lowest BCUT2D eigenvalue weighted by Crippen LogP contribution is -2.17. The van der Waals surface area contributed by atoms with E-state index in [1.807, 2.05) is 0 Å². The summed E-state index contributed by atoms with van der Waals surface area (Å²) in [6, 6.07) is 3.68. The summed E-state index contributed by atoms with van der Waals surface area (Å²) < 4.78 is 40.2. The van der Waals surface area contributed by atoms with Gasteiger partial charge in [-0.15, -0.1) is 0 Å². The van der Waals surface area contributed by atoms with Crippen LogP contribution in [0, 0.1) is 17.5 Å². The van der Waals surface area contributed by atoms with E-state index in [1.54, 1.807) is 0 Å². The van der Waals surface area contributed by atoms with E-state index in [-0.39, 0.29) is 15.7 Å². The van der Waals surface area contributed by atoms with Crippen LogP contribution in [0.2, 0.25) is 0 Å². The van der Waals surface area contributed by atoms with Crippen LogP contribution in [0.15, 0.2) is 34.9 Å². The predicted molar refractivity (Wildman–Crippen MR) is 64.3 cm³/mol. The van der Waals surface area contributed by atoms with Crippen LogP contribution in [0.4, 0.5) is 13.2 Å². The number of aromatic nitrogens is 1. The van der Waals surface area contributed by atoms with Gasteiger partial charge in [0.2, 0.25) is 0 Å². The monoisotopic (exact) mass is 316 g/mol. The molecule has 2 aromatic rings. The number of rotatable bonds is 2. The minimum atomic E-state index is -1.09. The fraction of sp³-hybridized carbons (Fsp3) is 0.0833. The van der Waals surface area contributed by atoms with Gasteiger partial charge >= 0.3 is 0 Å². The average Bonchev–Trinajstić information content (AvgIpc) is 2.35. The molecule has 1 aromatic carbocycles. The second-order valence-corrected chi connectivity index (χ2v) is 4.49. The Bertz CT molecular complexity index is 572. The topological polar surface area (TPSA) is 38.9 Å². The molecule has 0 saturated carbocycles. The molecule has 1 atom stereocenters. The Morgan fingerprint density at radius 2 is 1.83 bits per heavy atom. The van der Waals surface area contributed by atoms with Crippen molar-refractivity contribution in [1.29, 1.82) is 0 Å². The molecule has 6 heteroatoms. The molecule has 0 bridgehead atoms. The fourth-order valence-corrected chi connectivity index (χ4v) is 1.89. The van der Waals surface area contributed by atoms with Crippen molar-refractivity contribution in [3.8, 4) is 0 Å². The first-order valence-corrected chi connectivity index (χ1v) is 5.80. The largest absolute Gasteiger partial charge is 0.319 e. The van der Waals surface area contributed by atoms with Crippen LogP contribution in [0.1, 0.15) is 17.3 Å². The highest BCUT2D eigenvalue weighted by Crippen LogP contribution is 2.28. The molecule has 0 aliphatic carbocycles. The molecule has 0 aliphatic heterocycles. The number of pyridine rings is 1. The van der Waals surface area contributed by atoms with E-state index in [4.69, 9.17) is 5.73 Å². The lowest BCUT2D eigenvalue weighted by atomic mass is 10.0. The van der Waals surface area contributed by atoms with Gasteiger partial charge in [-0.05, 0) is 40.2 Å². The first-order chi connectivity index (χ1) is 8.50. The third-order valence-electron chi connectivity index (χ3n) is 2.46. The third-order valence-corrected chi connectivity index (χ3v) is 3.07. The Morgan fingerprint density at radius 3 is 2.44 bits per heavy atom. The van der Waals surface area contributed by atoms with E-state index in [9.17, 15) is 13.2 Å². The van der Waals surface area contributed by atoms with Crippen LogP contribution < -0.4 is 5.73 Å². The smallest absolute Gasteiger partial charge is 0.145 e. The Morgan fingerprint density at radius 1 is 1.11 bits per heavy atom. The SMILES string of the molecule is NC(c1ccc(F)cn1)c1c(F)ccc(Br)c1F. The van der Waals surface area contributed by atoms with Crippen molar-refractivity contribution in [1.82, 2.24) is 4.98 Å². The Kier molecular flexibility index (Phi) is 3.68. The van der Waals surface area contributed by atoms with Crippen molar-refractivity contribution in [2.24, 2.45) is 5.73 Å². The second kappa shape index (κ2) is 5.07. The van der Waals surface area contributed by atoms with Gasteiger partial charge in [0.05, 0.1) is 22.4 Å². The Balaban J connectivity index is 2.49. The first-order valence-electron chi connectivity index (χ1n) is 5.01. The summed E-state index contributed by atoms with van der Waals surface area (Å²) in [5.41, 5.74) is 5.64. The van der Waals surface area contributed by atoms with Gasteiger partial charge in [-0.25, -0.2) is 13.2 Å². The van der Waals surface area contributed by atoms with Crippen molar-refractivity contribution >= 4 is 15.9 Å². The van der Waals surface area contributed by atoms with Crippen LogP contribution in [0.25, 0.3) is 0 Å². The van der Waals surface area contributed by atoms with Crippen LogP contribution in [0.5, 0.6) is 0 Å². The van der Waals surface area contributed by atoms with E-state index >= 15 is 0 Å². The zero-order chi connectivity index (χ0) is 13.3. The van der Waals surface area contributed by atoms with Crippen LogP contribution in [0.3, 0.4) is 0 Å². The van der Waals surface area contributed by atoms with Gasteiger partial charge in [0.15, 0.2) is 0 Å². The minimum Gasteiger partial charge on any atom is -0.319 e. The van der Waals surface area contributed by atoms with Crippen LogP contribution in [-0.2, 0) is 0 Å². The molecule has 18 heavy (non-hydrogen) atoms. The molecule has 0 fully saturated rings. The van der Waals surface area contributed by atoms with Crippen LogP contribution in [-0.4, -0.2) is 4.98 Å². The van der Waals surface area contributed by atoms with Gasteiger partial charge in [-0.3, -0.25) is 4.98 Å². The van der Waals surface area contributed by atoms with Crippen molar-refractivity contribution in [2.45, 2.75) is 6.04 Å². The molecule has 1 heterocycles. The molecule has 0 radical (unpaired) electrons. The molecular formula is C12H8BrF3N2. The zero-order valence-corrected chi connectivity index (χ0v) is 10.6. The number of hydrogen-bond acceptors (Lipinski definition) is 2. The summed E-state index contributed by atoms with van der Waals surface area (Å²) >= 11 is 2.96. The van der Waals surface area contributed by atoms with E-state index in [0.717, 1.165) is 18.3 Å². The second-order valence-electron chi connectivity index (χ2n) is 3.64. The summed E-state index contributed by atoms with van der Waals surface area (Å²) in [5, 5.41) is 0. The molecular weight excluding hydrogens is 309 g/mol. The highest BCUT2D eigenvalue weighted by Gasteiger charge is 2.21. The molecule has 2 N–H and O–H groups in total. The standard InChI is InChI=1S/C12H8BrF3N2/c13-7-2-3-8(15)10(11(7)16)12(17)9-4-1-6(14)5-18-9/h1-5,12H,17H2. The van der Waals surface area contributed by atoms with E-state index in [2.05, 4.69) is 20.9 Å². The number of nitrogens with zero attached hydrogens (tertiary/aromatic N) is 1. The van der Waals surface area contributed by atoms with Gasteiger partial charge in [0, 0.05) is 5.56 Å². The maximum atomic E-state index is 13.8. The summed E-state index contributed by atoms with van der Waals surface area (Å²) in [7, 11) is 0. The predicted octanol–water partition coefficient (Wildman–Crippen LogP) is 3.31. The van der Waals surface area contributed by atoms with E-state index < -0.39 is 23.5 Å². The zero-order valence-electron chi connectivity index (χ0n) is 9.00. The van der Waals surface area contributed by atoms with Gasteiger partial charge in [-0.2, -0.15) is 0 Å². The summed E-state index contributed by atoms with van der Waals surface area (Å²) in [6.45, 7) is 0. The van der Waals surface area contributed by atoms with Gasteiger partial charge in [0.1, 0.15) is 17.5 Å². The van der Waals surface area contributed by atoms with Crippen LogP contribution >= 0.6 is 15.9 Å². The molecule has 1 aromatic heterocycles. The Hall–Kier alpha value is -1.40. The highest BCUT2D eigenvalue weighted by atomic mass is 79.9.